The minimum atomic E-state index is -0.280. The highest BCUT2D eigenvalue weighted by Crippen LogP contribution is 2.30. The van der Waals surface area contributed by atoms with Crippen LogP contribution >= 0.6 is 23.5 Å². The molecule has 0 bridgehead atoms. The number of benzene rings is 1. The molecule has 0 saturated heterocycles. The van der Waals surface area contributed by atoms with Crippen molar-refractivity contribution in [2.75, 3.05) is 30.5 Å². The number of pyridine rings is 3. The number of rotatable bonds is 5. The molecule has 9 heteroatoms. The summed E-state index contributed by atoms with van der Waals surface area (Å²) >= 11 is 6.91. The monoisotopic (exact) mass is 457 g/mol. The molecule has 4 rings (SSSR count). The van der Waals surface area contributed by atoms with Crippen molar-refractivity contribution in [3.05, 3.63) is 71.9 Å². The Morgan fingerprint density at radius 3 is 2.55 bits per heavy atom. The molecule has 0 spiro atoms. The van der Waals surface area contributed by atoms with Gasteiger partial charge in [-0.1, -0.05) is 35.7 Å². The number of fused-ring (bicyclic) bond motifs is 1. The topological polar surface area (TPSA) is 72.0 Å². The van der Waals surface area contributed by atoms with Gasteiger partial charge in [0.15, 0.2) is 5.82 Å². The van der Waals surface area contributed by atoms with E-state index in [1.165, 1.54) is 11.9 Å². The highest BCUT2D eigenvalue weighted by molar-refractivity contribution is 7.99. The Morgan fingerprint density at radius 1 is 1.03 bits per heavy atom. The molecule has 0 fully saturated rings. The Morgan fingerprint density at radius 2 is 1.87 bits per heavy atom. The molecule has 0 atom stereocenters. The largest absolute Gasteiger partial charge is 0.481 e. The lowest BCUT2D eigenvalue weighted by Crippen LogP contribution is -1.95. The molecule has 4 aromatic rings. The number of methoxy groups -OCH3 is 1. The Balaban J connectivity index is 0.000000254. The standard InChI is InChI=1S/C16H15FN4S.C6H6ClNO/c1-18-15-7-14-11(9-20-15)6-10(8-19-14)12-4-3-5-13(16(12)17)21-22-2;1-9-6-3-2-5(7)4-8-6/h3-9,21H,1-2H3,(H,18,20);2-4H,1H3. The lowest BCUT2D eigenvalue weighted by molar-refractivity contribution is 0.398. The first-order chi connectivity index (χ1) is 15.0. The minimum absolute atomic E-state index is 0.280. The molecule has 0 amide bonds. The van der Waals surface area contributed by atoms with Crippen molar-refractivity contribution in [2.45, 2.75) is 0 Å². The number of anilines is 2. The molecule has 0 aliphatic carbocycles. The van der Waals surface area contributed by atoms with E-state index in [0.29, 0.717) is 22.2 Å². The number of aromatic nitrogens is 3. The van der Waals surface area contributed by atoms with Gasteiger partial charge in [-0.2, -0.15) is 0 Å². The Hall–Kier alpha value is -3.10. The third-order valence-corrected chi connectivity index (χ3v) is 4.90. The normalized spacial score (nSPS) is 10.2. The molecule has 2 N–H and O–H groups in total. The van der Waals surface area contributed by atoms with Gasteiger partial charge in [0.2, 0.25) is 5.88 Å². The number of ether oxygens (including phenoxy) is 1. The molecule has 0 saturated carbocycles. The number of halogens is 2. The van der Waals surface area contributed by atoms with Crippen LogP contribution in [-0.4, -0.2) is 35.4 Å². The third-order valence-electron chi connectivity index (χ3n) is 4.25. The number of hydrogen-bond acceptors (Lipinski definition) is 7. The van der Waals surface area contributed by atoms with Crippen LogP contribution in [0.15, 0.2) is 61.1 Å². The minimum Gasteiger partial charge on any atom is -0.481 e. The Kier molecular flexibility index (Phi) is 7.86. The van der Waals surface area contributed by atoms with Crippen molar-refractivity contribution in [2.24, 2.45) is 0 Å². The number of hydrogen-bond donors (Lipinski definition) is 2. The van der Waals surface area contributed by atoms with Gasteiger partial charge in [0.25, 0.3) is 0 Å². The van der Waals surface area contributed by atoms with Gasteiger partial charge < -0.3 is 14.8 Å². The molecule has 3 heterocycles. The van der Waals surface area contributed by atoms with Gasteiger partial charge in [0, 0.05) is 60.5 Å². The van der Waals surface area contributed by atoms with Gasteiger partial charge in [0.05, 0.1) is 23.3 Å². The summed E-state index contributed by atoms with van der Waals surface area (Å²) in [6.45, 7) is 0. The predicted molar refractivity (Wildman–Crippen MR) is 127 cm³/mol. The number of nitrogens with one attached hydrogen (secondary N) is 2. The van der Waals surface area contributed by atoms with Gasteiger partial charge in [-0.05, 0) is 18.2 Å². The van der Waals surface area contributed by atoms with Crippen molar-refractivity contribution in [1.29, 1.82) is 0 Å². The van der Waals surface area contributed by atoms with Gasteiger partial charge in [-0.15, -0.1) is 0 Å². The molecule has 1 aromatic carbocycles. The zero-order chi connectivity index (χ0) is 22.2. The lowest BCUT2D eigenvalue weighted by Gasteiger charge is -2.09. The van der Waals surface area contributed by atoms with Crippen molar-refractivity contribution >= 4 is 46.0 Å². The van der Waals surface area contributed by atoms with Crippen LogP contribution in [0, 0.1) is 5.82 Å². The van der Waals surface area contributed by atoms with Crippen LogP contribution in [0.1, 0.15) is 0 Å². The quantitative estimate of drug-likeness (QED) is 0.361. The van der Waals surface area contributed by atoms with E-state index in [1.54, 1.807) is 50.0 Å². The average Bonchev–Trinajstić information content (AvgIpc) is 2.81. The van der Waals surface area contributed by atoms with Gasteiger partial charge in [-0.25, -0.2) is 14.4 Å². The fourth-order valence-electron chi connectivity index (χ4n) is 2.73. The maximum Gasteiger partial charge on any atom is 0.212 e. The number of nitrogens with zero attached hydrogens (tertiary/aromatic N) is 3. The van der Waals surface area contributed by atoms with Gasteiger partial charge >= 0.3 is 0 Å². The van der Waals surface area contributed by atoms with Gasteiger partial charge in [0.1, 0.15) is 5.82 Å². The van der Waals surface area contributed by atoms with E-state index in [0.717, 1.165) is 22.3 Å². The maximum absolute atomic E-state index is 14.5. The van der Waals surface area contributed by atoms with E-state index >= 15 is 0 Å². The molecular formula is C22H21ClFN5OS. The molecule has 0 aliphatic rings. The summed E-state index contributed by atoms with van der Waals surface area (Å²) in [6.07, 6.45) is 6.82. The summed E-state index contributed by atoms with van der Waals surface area (Å²) in [5, 5.41) is 4.47. The molecule has 160 valence electrons. The van der Waals surface area contributed by atoms with Crippen LogP contribution in [0.5, 0.6) is 5.88 Å². The Bertz CT molecular complexity index is 1160. The molecule has 31 heavy (non-hydrogen) atoms. The van der Waals surface area contributed by atoms with E-state index in [9.17, 15) is 4.39 Å². The average molecular weight is 458 g/mol. The van der Waals surface area contributed by atoms with Crippen molar-refractivity contribution < 1.29 is 9.13 Å². The second-order valence-corrected chi connectivity index (χ2v) is 7.28. The fraction of sp³-hybridized carbons (Fsp3) is 0.136. The summed E-state index contributed by atoms with van der Waals surface area (Å²) in [6, 6.07) is 12.5. The predicted octanol–water partition coefficient (Wildman–Crippen LogP) is 5.91. The van der Waals surface area contributed by atoms with E-state index in [-0.39, 0.29) is 5.82 Å². The second-order valence-electron chi connectivity index (χ2n) is 6.23. The van der Waals surface area contributed by atoms with Crippen LogP contribution in [-0.2, 0) is 0 Å². The van der Waals surface area contributed by atoms with E-state index < -0.39 is 0 Å². The highest BCUT2D eigenvalue weighted by Gasteiger charge is 2.11. The van der Waals surface area contributed by atoms with Crippen molar-refractivity contribution in [3.63, 3.8) is 0 Å². The SMILES string of the molecule is CNc1cc2ncc(-c3cccc(NSC)c3F)cc2cn1.COc1ccc(Cl)cn1. The van der Waals surface area contributed by atoms with Crippen LogP contribution < -0.4 is 14.8 Å². The first-order valence-corrected chi connectivity index (χ1v) is 10.8. The van der Waals surface area contributed by atoms with Crippen molar-refractivity contribution in [3.8, 4) is 17.0 Å². The summed E-state index contributed by atoms with van der Waals surface area (Å²) in [7, 11) is 3.37. The lowest BCUT2D eigenvalue weighted by atomic mass is 10.0. The molecular weight excluding hydrogens is 437 g/mol. The van der Waals surface area contributed by atoms with Crippen LogP contribution in [0.4, 0.5) is 15.9 Å². The fourth-order valence-corrected chi connectivity index (χ4v) is 3.22. The zero-order valence-corrected chi connectivity index (χ0v) is 18.8. The first kappa shape index (κ1) is 22.6. The van der Waals surface area contributed by atoms with Gasteiger partial charge in [-0.3, -0.25) is 4.98 Å². The second kappa shape index (κ2) is 10.8. The van der Waals surface area contributed by atoms with Crippen LogP contribution in [0.3, 0.4) is 0 Å². The summed E-state index contributed by atoms with van der Waals surface area (Å²) in [5.41, 5.74) is 2.54. The van der Waals surface area contributed by atoms with E-state index in [4.69, 9.17) is 16.3 Å². The van der Waals surface area contributed by atoms with E-state index in [1.807, 2.05) is 31.5 Å². The Labute approximate surface area is 189 Å². The van der Waals surface area contributed by atoms with Crippen molar-refractivity contribution in [1.82, 2.24) is 15.0 Å². The van der Waals surface area contributed by atoms with E-state index in [2.05, 4.69) is 25.0 Å². The summed E-state index contributed by atoms with van der Waals surface area (Å²) in [4.78, 5) is 12.5. The highest BCUT2D eigenvalue weighted by atomic mass is 35.5. The first-order valence-electron chi connectivity index (χ1n) is 9.22. The third kappa shape index (κ3) is 5.74. The molecule has 6 nitrogen and oxygen atoms in total. The zero-order valence-electron chi connectivity index (χ0n) is 17.2. The molecule has 0 radical (unpaired) electrons. The maximum atomic E-state index is 14.5. The van der Waals surface area contributed by atoms with Crippen LogP contribution in [0.25, 0.3) is 22.0 Å². The van der Waals surface area contributed by atoms with Crippen LogP contribution in [0.2, 0.25) is 5.02 Å². The molecule has 3 aromatic heterocycles. The smallest absolute Gasteiger partial charge is 0.212 e. The molecule has 0 unspecified atom stereocenters. The summed E-state index contributed by atoms with van der Waals surface area (Å²) < 4.78 is 22.3. The summed E-state index contributed by atoms with van der Waals surface area (Å²) in [5.74, 6) is 1.06. The molecule has 0 aliphatic heterocycles.